The smallest absolute Gasteiger partial charge is 0.266 e. The lowest BCUT2D eigenvalue weighted by Crippen LogP contribution is -1.98. The number of rotatable bonds is 8. The van der Waals surface area contributed by atoms with E-state index in [-0.39, 0.29) is 13.0 Å². The number of ether oxygens (including phenoxy) is 2. The van der Waals surface area contributed by atoms with E-state index in [1.165, 1.54) is 9.40 Å². The average molecular weight is 388 g/mol. The topological polar surface area (TPSA) is 18.5 Å². The molecule has 2 aromatic carbocycles. The Hall–Kier alpha value is -2.40. The van der Waals surface area contributed by atoms with Crippen molar-refractivity contribution in [3.63, 3.8) is 0 Å². The molecule has 5 heteroatoms. The van der Waals surface area contributed by atoms with Crippen molar-refractivity contribution in [2.24, 2.45) is 0 Å². The van der Waals surface area contributed by atoms with Gasteiger partial charge in [-0.2, -0.15) is 8.78 Å². The summed E-state index contributed by atoms with van der Waals surface area (Å²) in [5.74, 6) is 1.60. The molecule has 27 heavy (non-hydrogen) atoms. The molecule has 1 aromatic heterocycles. The monoisotopic (exact) mass is 388 g/mol. The Morgan fingerprint density at radius 2 is 1.44 bits per heavy atom. The van der Waals surface area contributed by atoms with Gasteiger partial charge in [-0.25, -0.2) is 0 Å². The second-order valence-electron chi connectivity index (χ2n) is 6.39. The summed E-state index contributed by atoms with van der Waals surface area (Å²) in [4.78, 5) is 0. The molecule has 0 saturated carbocycles. The van der Waals surface area contributed by atoms with E-state index < -0.39 is 6.08 Å². The van der Waals surface area contributed by atoms with E-state index in [9.17, 15) is 8.78 Å². The maximum absolute atomic E-state index is 12.2. The molecule has 3 aromatic rings. The number of benzene rings is 2. The Morgan fingerprint density at radius 1 is 0.926 bits per heavy atom. The standard InChI is InChI=1S/C22H22F2O2S/c1-4-5-8-25-18-12-16-17-13-19(26-9-6-7-22(23)24)15(3)11-21(17)27-20(16)10-14(18)2/h4,7,10-13H,1,5-6,8-9H2,2-3H3. The fourth-order valence-corrected chi connectivity index (χ4v) is 4.20. The number of thiophene rings is 1. The van der Waals surface area contributed by atoms with Gasteiger partial charge in [0, 0.05) is 26.6 Å². The van der Waals surface area contributed by atoms with Crippen LogP contribution in [0.5, 0.6) is 11.5 Å². The maximum atomic E-state index is 12.2. The quantitative estimate of drug-likeness (QED) is 0.301. The summed E-state index contributed by atoms with van der Waals surface area (Å²) in [7, 11) is 0. The highest BCUT2D eigenvalue weighted by Crippen LogP contribution is 2.40. The molecule has 0 aliphatic heterocycles. The average Bonchev–Trinajstić information content (AvgIpc) is 2.94. The lowest BCUT2D eigenvalue weighted by atomic mass is 10.1. The van der Waals surface area contributed by atoms with Crippen molar-refractivity contribution >= 4 is 31.5 Å². The first-order chi connectivity index (χ1) is 13.0. The van der Waals surface area contributed by atoms with Gasteiger partial charge in [-0.3, -0.25) is 0 Å². The van der Waals surface area contributed by atoms with Crippen LogP contribution in [-0.4, -0.2) is 13.2 Å². The number of fused-ring (bicyclic) bond motifs is 3. The van der Waals surface area contributed by atoms with Crippen LogP contribution in [0.1, 0.15) is 24.0 Å². The zero-order valence-electron chi connectivity index (χ0n) is 15.5. The Bertz CT molecular complexity index is 1000. The van der Waals surface area contributed by atoms with Crippen LogP contribution in [0.2, 0.25) is 0 Å². The third kappa shape index (κ3) is 4.48. The minimum absolute atomic E-state index is 0.185. The normalized spacial score (nSPS) is 11.0. The first-order valence-corrected chi connectivity index (χ1v) is 9.66. The molecule has 0 amide bonds. The van der Waals surface area contributed by atoms with Crippen molar-refractivity contribution in [1.29, 1.82) is 0 Å². The van der Waals surface area contributed by atoms with Gasteiger partial charge in [-0.1, -0.05) is 6.08 Å². The number of aryl methyl sites for hydroxylation is 2. The molecule has 0 aliphatic carbocycles. The van der Waals surface area contributed by atoms with E-state index in [1.54, 1.807) is 11.3 Å². The minimum atomic E-state index is -1.67. The van der Waals surface area contributed by atoms with Crippen LogP contribution in [0.3, 0.4) is 0 Å². The molecular weight excluding hydrogens is 366 g/mol. The second-order valence-corrected chi connectivity index (χ2v) is 7.47. The zero-order valence-corrected chi connectivity index (χ0v) is 16.3. The second kappa shape index (κ2) is 8.53. The lowest BCUT2D eigenvalue weighted by Gasteiger charge is -2.10. The Kier molecular flexibility index (Phi) is 6.11. The number of hydrogen-bond acceptors (Lipinski definition) is 3. The van der Waals surface area contributed by atoms with Crippen molar-refractivity contribution < 1.29 is 18.3 Å². The van der Waals surface area contributed by atoms with Gasteiger partial charge < -0.3 is 9.47 Å². The third-order valence-electron chi connectivity index (χ3n) is 4.32. The molecule has 0 atom stereocenters. The van der Waals surface area contributed by atoms with Gasteiger partial charge in [0.2, 0.25) is 0 Å². The summed E-state index contributed by atoms with van der Waals surface area (Å²) in [5.41, 5.74) is 2.10. The molecule has 0 aliphatic rings. The van der Waals surface area contributed by atoms with Gasteiger partial charge in [0.25, 0.3) is 6.08 Å². The van der Waals surface area contributed by atoms with E-state index in [1.807, 2.05) is 26.0 Å². The molecule has 0 N–H and O–H groups in total. The summed E-state index contributed by atoms with van der Waals surface area (Å²) < 4.78 is 38.3. The summed E-state index contributed by atoms with van der Waals surface area (Å²) in [6.45, 7) is 8.56. The summed E-state index contributed by atoms with van der Waals surface area (Å²) >= 11 is 1.73. The predicted molar refractivity (Wildman–Crippen MR) is 110 cm³/mol. The molecule has 0 saturated heterocycles. The van der Waals surface area contributed by atoms with Crippen LogP contribution < -0.4 is 9.47 Å². The van der Waals surface area contributed by atoms with E-state index in [0.29, 0.717) is 6.61 Å². The molecule has 0 fully saturated rings. The highest BCUT2D eigenvalue weighted by molar-refractivity contribution is 7.25. The fraction of sp³-hybridized carbons (Fsp3) is 0.273. The van der Waals surface area contributed by atoms with Crippen LogP contribution >= 0.6 is 11.3 Å². The molecule has 0 bridgehead atoms. The van der Waals surface area contributed by atoms with Crippen molar-refractivity contribution in [3.05, 3.63) is 60.2 Å². The van der Waals surface area contributed by atoms with Gasteiger partial charge in [-0.05, 0) is 61.7 Å². The fourth-order valence-electron chi connectivity index (χ4n) is 2.93. The van der Waals surface area contributed by atoms with Crippen molar-refractivity contribution in [2.75, 3.05) is 13.2 Å². The molecule has 3 rings (SSSR count). The van der Waals surface area contributed by atoms with E-state index in [2.05, 4.69) is 24.8 Å². The number of hydrogen-bond donors (Lipinski definition) is 0. The van der Waals surface area contributed by atoms with Crippen LogP contribution in [0.15, 0.2) is 49.1 Å². The predicted octanol–water partition coefficient (Wildman–Crippen LogP) is 7.18. The van der Waals surface area contributed by atoms with Crippen LogP contribution in [0, 0.1) is 13.8 Å². The van der Waals surface area contributed by atoms with Crippen LogP contribution in [0.25, 0.3) is 20.2 Å². The van der Waals surface area contributed by atoms with Gasteiger partial charge >= 0.3 is 0 Å². The summed E-state index contributed by atoms with van der Waals surface area (Å²) in [6, 6.07) is 8.32. The van der Waals surface area contributed by atoms with Crippen molar-refractivity contribution in [2.45, 2.75) is 26.7 Å². The highest BCUT2D eigenvalue weighted by Gasteiger charge is 2.12. The van der Waals surface area contributed by atoms with Gasteiger partial charge in [0.15, 0.2) is 0 Å². The zero-order chi connectivity index (χ0) is 19.4. The minimum Gasteiger partial charge on any atom is -0.493 e. The molecule has 0 radical (unpaired) electrons. The Morgan fingerprint density at radius 3 is 1.93 bits per heavy atom. The lowest BCUT2D eigenvalue weighted by molar-refractivity contribution is 0.318. The van der Waals surface area contributed by atoms with Gasteiger partial charge in [-0.15, -0.1) is 17.9 Å². The largest absolute Gasteiger partial charge is 0.493 e. The number of halogens is 2. The molecule has 0 spiro atoms. The Balaban J connectivity index is 1.94. The summed E-state index contributed by atoms with van der Waals surface area (Å²) in [5, 5.41) is 2.21. The van der Waals surface area contributed by atoms with E-state index >= 15 is 0 Å². The molecular formula is C22H22F2O2S. The SMILES string of the molecule is C=CCCOc1cc2c(cc1C)sc1cc(C)c(OCCC=C(F)F)cc12. The Labute approximate surface area is 161 Å². The first-order valence-electron chi connectivity index (χ1n) is 8.84. The maximum Gasteiger partial charge on any atom is 0.266 e. The molecule has 142 valence electrons. The van der Waals surface area contributed by atoms with E-state index in [4.69, 9.17) is 9.47 Å². The summed E-state index contributed by atoms with van der Waals surface area (Å²) in [6.07, 6.45) is 2.03. The van der Waals surface area contributed by atoms with Gasteiger partial charge in [0.1, 0.15) is 11.5 Å². The van der Waals surface area contributed by atoms with Crippen molar-refractivity contribution in [1.82, 2.24) is 0 Å². The van der Waals surface area contributed by atoms with Crippen LogP contribution in [-0.2, 0) is 0 Å². The molecule has 1 heterocycles. The molecule has 0 unspecified atom stereocenters. The van der Waals surface area contributed by atoms with Crippen molar-refractivity contribution in [3.8, 4) is 11.5 Å². The highest BCUT2D eigenvalue weighted by atomic mass is 32.1. The van der Waals surface area contributed by atoms with Gasteiger partial charge in [0.05, 0.1) is 13.2 Å². The van der Waals surface area contributed by atoms with Crippen LogP contribution in [0.4, 0.5) is 8.78 Å². The molecule has 2 nitrogen and oxygen atoms in total. The van der Waals surface area contributed by atoms with E-state index in [0.717, 1.165) is 45.9 Å². The third-order valence-corrected chi connectivity index (χ3v) is 5.43. The first kappa shape index (κ1) is 19.4.